The standard InChI is InChI=1S/C18H21F3N2O4/c1-2-27-17(25)12-9-16(24)23(11-12)15-10-13(18(19,20)21)3-4-14(15)22-5-7-26-8-6-22/h3-4,10,12H,2,5-9,11H2,1H3. The molecule has 0 aliphatic carbocycles. The minimum atomic E-state index is -4.53. The predicted octanol–water partition coefficient (Wildman–Crippen LogP) is 2.46. The van der Waals surface area contributed by atoms with Crippen LogP contribution in [0.25, 0.3) is 0 Å². The third-order valence-electron chi connectivity index (χ3n) is 4.69. The minimum absolute atomic E-state index is 0.0102. The second-order valence-electron chi connectivity index (χ2n) is 6.46. The number of alkyl halides is 3. The fraction of sp³-hybridized carbons (Fsp3) is 0.556. The Balaban J connectivity index is 1.95. The Morgan fingerprint density at radius 1 is 1.26 bits per heavy atom. The summed E-state index contributed by atoms with van der Waals surface area (Å²) in [6, 6.07) is 3.38. The summed E-state index contributed by atoms with van der Waals surface area (Å²) >= 11 is 0. The molecule has 2 saturated heterocycles. The van der Waals surface area contributed by atoms with E-state index in [2.05, 4.69) is 0 Å². The van der Waals surface area contributed by atoms with Crippen LogP contribution in [0, 0.1) is 5.92 Å². The van der Waals surface area contributed by atoms with Gasteiger partial charge >= 0.3 is 12.1 Å². The first-order valence-electron chi connectivity index (χ1n) is 8.82. The van der Waals surface area contributed by atoms with Gasteiger partial charge in [-0.3, -0.25) is 9.59 Å². The number of anilines is 2. The molecule has 2 fully saturated rings. The lowest BCUT2D eigenvalue weighted by Gasteiger charge is -2.33. The van der Waals surface area contributed by atoms with Gasteiger partial charge in [0.05, 0.1) is 42.7 Å². The lowest BCUT2D eigenvalue weighted by Crippen LogP contribution is -2.38. The molecule has 2 aliphatic rings. The Kier molecular flexibility index (Phi) is 5.59. The van der Waals surface area contributed by atoms with Crippen molar-refractivity contribution in [2.75, 3.05) is 49.3 Å². The van der Waals surface area contributed by atoms with Crippen LogP contribution < -0.4 is 9.80 Å². The minimum Gasteiger partial charge on any atom is -0.466 e. The van der Waals surface area contributed by atoms with Gasteiger partial charge in [-0.05, 0) is 25.1 Å². The Hall–Kier alpha value is -2.29. The molecule has 0 bridgehead atoms. The second kappa shape index (κ2) is 7.75. The Bertz CT molecular complexity index is 717. The number of halogens is 3. The predicted molar refractivity (Wildman–Crippen MR) is 91.6 cm³/mol. The summed E-state index contributed by atoms with van der Waals surface area (Å²) in [6.45, 7) is 3.81. The first-order valence-corrected chi connectivity index (χ1v) is 8.82. The van der Waals surface area contributed by atoms with Crippen LogP contribution in [-0.4, -0.2) is 51.3 Å². The first-order chi connectivity index (χ1) is 12.8. The molecule has 3 rings (SSSR count). The normalized spacial score (nSPS) is 20.9. The number of esters is 1. The molecule has 27 heavy (non-hydrogen) atoms. The molecule has 1 aromatic carbocycles. The molecule has 0 saturated carbocycles. The smallest absolute Gasteiger partial charge is 0.416 e. The van der Waals surface area contributed by atoms with E-state index in [1.807, 2.05) is 4.90 Å². The summed E-state index contributed by atoms with van der Waals surface area (Å²) in [6.07, 6.45) is -4.60. The fourth-order valence-electron chi connectivity index (χ4n) is 3.35. The number of carbonyl (C=O) groups is 2. The van der Waals surface area contributed by atoms with E-state index in [1.165, 1.54) is 11.0 Å². The Morgan fingerprint density at radius 2 is 1.96 bits per heavy atom. The van der Waals surface area contributed by atoms with Gasteiger partial charge in [0.1, 0.15) is 0 Å². The molecule has 1 atom stereocenters. The maximum Gasteiger partial charge on any atom is 0.416 e. The van der Waals surface area contributed by atoms with Crippen molar-refractivity contribution in [2.45, 2.75) is 19.5 Å². The summed E-state index contributed by atoms with van der Waals surface area (Å²) in [5.74, 6) is -1.57. The maximum absolute atomic E-state index is 13.2. The summed E-state index contributed by atoms with van der Waals surface area (Å²) in [5.41, 5.74) is -0.130. The molecule has 6 nitrogen and oxygen atoms in total. The van der Waals surface area contributed by atoms with Crippen LogP contribution in [0.15, 0.2) is 18.2 Å². The lowest BCUT2D eigenvalue weighted by atomic mass is 10.1. The highest BCUT2D eigenvalue weighted by molar-refractivity contribution is 6.02. The third-order valence-corrected chi connectivity index (χ3v) is 4.69. The number of hydrogen-bond donors (Lipinski definition) is 0. The number of carbonyl (C=O) groups excluding carboxylic acids is 2. The number of hydrogen-bond acceptors (Lipinski definition) is 5. The molecule has 0 aromatic heterocycles. The van der Waals surface area contributed by atoms with Crippen molar-refractivity contribution in [3.63, 3.8) is 0 Å². The van der Waals surface area contributed by atoms with E-state index < -0.39 is 23.6 Å². The number of rotatable bonds is 4. The summed E-state index contributed by atoms with van der Waals surface area (Å²) in [7, 11) is 0. The number of morpholine rings is 1. The Labute approximate surface area is 154 Å². The molecule has 0 radical (unpaired) electrons. The van der Waals surface area contributed by atoms with Gasteiger partial charge in [0.2, 0.25) is 5.91 Å². The van der Waals surface area contributed by atoms with Crippen LogP contribution in [0.3, 0.4) is 0 Å². The van der Waals surface area contributed by atoms with Gasteiger partial charge in [-0.1, -0.05) is 0 Å². The van der Waals surface area contributed by atoms with E-state index in [0.717, 1.165) is 12.1 Å². The molecular weight excluding hydrogens is 365 g/mol. The van der Waals surface area contributed by atoms with Crippen LogP contribution in [0.1, 0.15) is 18.9 Å². The Morgan fingerprint density at radius 3 is 2.59 bits per heavy atom. The number of amides is 1. The van der Waals surface area contributed by atoms with E-state index in [-0.39, 0.29) is 31.2 Å². The number of nitrogens with zero attached hydrogens (tertiary/aromatic N) is 2. The second-order valence-corrected chi connectivity index (χ2v) is 6.46. The molecule has 1 unspecified atom stereocenters. The summed E-state index contributed by atoms with van der Waals surface area (Å²) < 4.78 is 49.9. The summed E-state index contributed by atoms with van der Waals surface area (Å²) in [5, 5.41) is 0. The molecular formula is C18H21F3N2O4. The van der Waals surface area contributed by atoms with Gasteiger partial charge < -0.3 is 19.3 Å². The zero-order valence-electron chi connectivity index (χ0n) is 14.9. The quantitative estimate of drug-likeness (QED) is 0.744. The van der Waals surface area contributed by atoms with Crippen molar-refractivity contribution < 1.29 is 32.2 Å². The highest BCUT2D eigenvalue weighted by atomic mass is 19.4. The van der Waals surface area contributed by atoms with Crippen molar-refractivity contribution in [2.24, 2.45) is 5.92 Å². The van der Waals surface area contributed by atoms with Crippen molar-refractivity contribution in [3.8, 4) is 0 Å². The van der Waals surface area contributed by atoms with Gasteiger partial charge in [0, 0.05) is 26.1 Å². The van der Waals surface area contributed by atoms with Gasteiger partial charge in [0.15, 0.2) is 0 Å². The van der Waals surface area contributed by atoms with Gasteiger partial charge in [-0.2, -0.15) is 13.2 Å². The van der Waals surface area contributed by atoms with Crippen LogP contribution >= 0.6 is 0 Å². The topological polar surface area (TPSA) is 59.1 Å². The van der Waals surface area contributed by atoms with Crippen molar-refractivity contribution >= 4 is 23.3 Å². The van der Waals surface area contributed by atoms with Crippen LogP contribution in [0.2, 0.25) is 0 Å². The molecule has 148 valence electrons. The highest BCUT2D eigenvalue weighted by Gasteiger charge is 2.39. The van der Waals surface area contributed by atoms with Crippen molar-refractivity contribution in [1.82, 2.24) is 0 Å². The van der Waals surface area contributed by atoms with E-state index in [0.29, 0.717) is 32.0 Å². The first kappa shape index (κ1) is 19.5. The fourth-order valence-corrected chi connectivity index (χ4v) is 3.35. The monoisotopic (exact) mass is 386 g/mol. The molecule has 1 aromatic rings. The van der Waals surface area contributed by atoms with E-state index in [9.17, 15) is 22.8 Å². The van der Waals surface area contributed by atoms with Crippen LogP contribution in [0.5, 0.6) is 0 Å². The van der Waals surface area contributed by atoms with Crippen molar-refractivity contribution in [1.29, 1.82) is 0 Å². The molecule has 2 aliphatic heterocycles. The maximum atomic E-state index is 13.2. The van der Waals surface area contributed by atoms with Crippen molar-refractivity contribution in [3.05, 3.63) is 23.8 Å². The average molecular weight is 386 g/mol. The largest absolute Gasteiger partial charge is 0.466 e. The molecule has 0 N–H and O–H groups in total. The SMILES string of the molecule is CCOC(=O)C1CC(=O)N(c2cc(C(F)(F)F)ccc2N2CCOCC2)C1. The summed E-state index contributed by atoms with van der Waals surface area (Å²) in [4.78, 5) is 27.6. The molecule has 1 amide bonds. The van der Waals surface area contributed by atoms with E-state index >= 15 is 0 Å². The number of ether oxygens (including phenoxy) is 2. The van der Waals surface area contributed by atoms with Gasteiger partial charge in [0.25, 0.3) is 0 Å². The zero-order chi connectivity index (χ0) is 19.6. The van der Waals surface area contributed by atoms with Gasteiger partial charge in [-0.15, -0.1) is 0 Å². The molecule has 0 spiro atoms. The molecule has 9 heteroatoms. The average Bonchev–Trinajstić information content (AvgIpc) is 3.03. The lowest BCUT2D eigenvalue weighted by molar-refractivity contribution is -0.147. The van der Waals surface area contributed by atoms with E-state index in [1.54, 1.807) is 6.92 Å². The molecule has 2 heterocycles. The van der Waals surface area contributed by atoms with Crippen LogP contribution in [0.4, 0.5) is 24.5 Å². The van der Waals surface area contributed by atoms with Gasteiger partial charge in [-0.25, -0.2) is 0 Å². The van der Waals surface area contributed by atoms with Crippen LogP contribution in [-0.2, 0) is 25.2 Å². The number of benzene rings is 1. The highest BCUT2D eigenvalue weighted by Crippen LogP contribution is 2.39. The van der Waals surface area contributed by atoms with E-state index in [4.69, 9.17) is 9.47 Å². The third kappa shape index (κ3) is 4.18. The zero-order valence-corrected chi connectivity index (χ0v) is 14.9.